The molecule has 0 radical (unpaired) electrons. The van der Waals surface area contributed by atoms with E-state index in [0.29, 0.717) is 12.6 Å². The molecule has 0 saturated heterocycles. The van der Waals surface area contributed by atoms with E-state index < -0.39 is 17.6 Å². The van der Waals surface area contributed by atoms with Crippen LogP contribution in [0.3, 0.4) is 0 Å². The van der Waals surface area contributed by atoms with Crippen molar-refractivity contribution in [2.24, 2.45) is 5.73 Å². The lowest BCUT2D eigenvalue weighted by Gasteiger charge is -2.30. The second kappa shape index (κ2) is 4.85. The first-order chi connectivity index (χ1) is 8.05. The van der Waals surface area contributed by atoms with Gasteiger partial charge in [0.05, 0.1) is 17.2 Å². The molecule has 18 heavy (non-hydrogen) atoms. The van der Waals surface area contributed by atoms with E-state index in [-0.39, 0.29) is 6.54 Å². The molecule has 0 aliphatic heterocycles. The third-order valence-corrected chi connectivity index (χ3v) is 3.27. The molecule has 102 valence electrons. The maximum absolute atomic E-state index is 12.6. The van der Waals surface area contributed by atoms with Crippen LogP contribution >= 0.6 is 11.3 Å². The number of nitrogens with zero attached hydrogens (tertiary/aromatic N) is 2. The first-order valence-electron chi connectivity index (χ1n) is 5.08. The van der Waals surface area contributed by atoms with Crippen LogP contribution < -0.4 is 5.73 Å². The fourth-order valence-corrected chi connectivity index (χ4v) is 1.92. The van der Waals surface area contributed by atoms with E-state index in [1.54, 1.807) is 12.3 Å². The molecule has 1 aromatic rings. The van der Waals surface area contributed by atoms with E-state index in [9.17, 15) is 18.0 Å². The highest BCUT2D eigenvalue weighted by molar-refractivity contribution is 7.09. The number of alkyl halides is 3. The van der Waals surface area contributed by atoms with Crippen molar-refractivity contribution in [3.8, 4) is 0 Å². The highest BCUT2D eigenvalue weighted by Gasteiger charge is 2.54. The molecule has 0 aliphatic carbocycles. The van der Waals surface area contributed by atoms with Gasteiger partial charge in [-0.3, -0.25) is 4.79 Å². The number of likely N-dealkylation sites (N-methyl/N-ethyl adjacent to an activating group) is 1. The zero-order valence-electron chi connectivity index (χ0n) is 10.2. The summed E-state index contributed by atoms with van der Waals surface area (Å²) in [5.41, 5.74) is 2.73. The zero-order chi connectivity index (χ0) is 14.1. The summed E-state index contributed by atoms with van der Waals surface area (Å²) in [6.07, 6.45) is -4.78. The van der Waals surface area contributed by atoms with Gasteiger partial charge in [0.25, 0.3) is 5.91 Å². The van der Waals surface area contributed by atoms with Crippen LogP contribution in [-0.4, -0.2) is 34.6 Å². The predicted molar refractivity (Wildman–Crippen MR) is 62.0 cm³/mol. The van der Waals surface area contributed by atoms with Gasteiger partial charge in [-0.2, -0.15) is 13.2 Å². The standard InChI is InChI=1S/C10H14F3N3OS/c1-6-15-7(5-18-6)4-16(3)8(17)9(2,14)10(11,12)13/h5H,4,14H2,1-3H3. The monoisotopic (exact) mass is 281 g/mol. The van der Waals surface area contributed by atoms with Crippen LogP contribution in [-0.2, 0) is 11.3 Å². The SMILES string of the molecule is Cc1nc(CN(C)C(=O)C(C)(N)C(F)(F)F)cs1. The number of carbonyl (C=O) groups is 1. The number of amides is 1. The Labute approximate surface area is 107 Å². The number of halogens is 3. The fraction of sp³-hybridized carbons (Fsp3) is 0.600. The number of hydrogen-bond donors (Lipinski definition) is 1. The molecule has 4 nitrogen and oxygen atoms in total. The van der Waals surface area contributed by atoms with Gasteiger partial charge in [-0.05, 0) is 13.8 Å². The molecule has 1 atom stereocenters. The van der Waals surface area contributed by atoms with Gasteiger partial charge in [0.2, 0.25) is 0 Å². The summed E-state index contributed by atoms with van der Waals surface area (Å²) in [7, 11) is 1.27. The van der Waals surface area contributed by atoms with Gasteiger partial charge in [-0.25, -0.2) is 4.98 Å². The summed E-state index contributed by atoms with van der Waals surface area (Å²) < 4.78 is 37.8. The van der Waals surface area contributed by atoms with E-state index in [2.05, 4.69) is 4.98 Å². The van der Waals surface area contributed by atoms with E-state index in [1.807, 2.05) is 0 Å². The Kier molecular flexibility index (Phi) is 4.02. The van der Waals surface area contributed by atoms with Crippen molar-refractivity contribution in [1.29, 1.82) is 0 Å². The van der Waals surface area contributed by atoms with Crippen molar-refractivity contribution in [2.45, 2.75) is 32.1 Å². The first-order valence-corrected chi connectivity index (χ1v) is 5.96. The smallest absolute Gasteiger partial charge is 0.338 e. The zero-order valence-corrected chi connectivity index (χ0v) is 11.0. The average molecular weight is 281 g/mol. The predicted octanol–water partition coefficient (Wildman–Crippen LogP) is 1.69. The molecular weight excluding hydrogens is 267 g/mol. The molecule has 0 aliphatic rings. The average Bonchev–Trinajstić information content (AvgIpc) is 2.61. The maximum Gasteiger partial charge on any atom is 0.415 e. The second-order valence-electron chi connectivity index (χ2n) is 4.22. The Morgan fingerprint density at radius 2 is 2.11 bits per heavy atom. The quantitative estimate of drug-likeness (QED) is 0.917. The van der Waals surface area contributed by atoms with Crippen LogP contribution in [0.5, 0.6) is 0 Å². The summed E-state index contributed by atoms with van der Waals surface area (Å²) in [6.45, 7) is 2.45. The van der Waals surface area contributed by atoms with Crippen molar-refractivity contribution in [2.75, 3.05) is 7.05 Å². The van der Waals surface area contributed by atoms with Crippen LogP contribution in [0.4, 0.5) is 13.2 Å². The van der Waals surface area contributed by atoms with Crippen molar-refractivity contribution in [3.63, 3.8) is 0 Å². The Hall–Kier alpha value is -1.15. The maximum atomic E-state index is 12.6. The molecule has 2 N–H and O–H groups in total. The summed E-state index contributed by atoms with van der Waals surface area (Å²) in [4.78, 5) is 16.7. The lowest BCUT2D eigenvalue weighted by Crippen LogP contribution is -2.61. The van der Waals surface area contributed by atoms with Gasteiger partial charge in [-0.1, -0.05) is 0 Å². The number of rotatable bonds is 3. The minimum absolute atomic E-state index is 0.00600. The first kappa shape index (κ1) is 14.9. The normalized spacial score (nSPS) is 15.3. The van der Waals surface area contributed by atoms with Gasteiger partial charge < -0.3 is 10.6 Å². The number of aromatic nitrogens is 1. The van der Waals surface area contributed by atoms with E-state index in [0.717, 1.165) is 9.91 Å². The van der Waals surface area contributed by atoms with Gasteiger partial charge >= 0.3 is 6.18 Å². The van der Waals surface area contributed by atoms with Crippen molar-refractivity contribution in [1.82, 2.24) is 9.88 Å². The van der Waals surface area contributed by atoms with Gasteiger partial charge in [0, 0.05) is 12.4 Å². The van der Waals surface area contributed by atoms with Crippen LogP contribution in [0.15, 0.2) is 5.38 Å². The molecular formula is C10H14F3N3OS. The molecule has 0 saturated carbocycles. The lowest BCUT2D eigenvalue weighted by atomic mass is 10.0. The topological polar surface area (TPSA) is 59.2 Å². The van der Waals surface area contributed by atoms with E-state index >= 15 is 0 Å². The molecule has 1 rings (SSSR count). The van der Waals surface area contributed by atoms with E-state index in [4.69, 9.17) is 5.73 Å². The third kappa shape index (κ3) is 2.99. The van der Waals surface area contributed by atoms with Crippen LogP contribution in [0.25, 0.3) is 0 Å². The Bertz CT molecular complexity index is 442. The lowest BCUT2D eigenvalue weighted by molar-refractivity contribution is -0.193. The number of aryl methyl sites for hydroxylation is 1. The highest BCUT2D eigenvalue weighted by atomic mass is 32.1. The molecule has 1 aromatic heterocycles. The number of hydrogen-bond acceptors (Lipinski definition) is 4. The minimum Gasteiger partial charge on any atom is -0.338 e. The van der Waals surface area contributed by atoms with Crippen molar-refractivity contribution < 1.29 is 18.0 Å². The molecule has 1 amide bonds. The summed E-state index contributed by atoms with van der Waals surface area (Å²) in [5.74, 6) is -1.18. The van der Waals surface area contributed by atoms with Gasteiger partial charge in [-0.15, -0.1) is 11.3 Å². The molecule has 0 fully saturated rings. The summed E-state index contributed by atoms with van der Waals surface area (Å²) in [6, 6.07) is 0. The summed E-state index contributed by atoms with van der Waals surface area (Å²) >= 11 is 1.37. The van der Waals surface area contributed by atoms with E-state index in [1.165, 1.54) is 18.4 Å². The van der Waals surface area contributed by atoms with Crippen molar-refractivity contribution in [3.05, 3.63) is 16.1 Å². The second-order valence-corrected chi connectivity index (χ2v) is 5.28. The van der Waals surface area contributed by atoms with Crippen LogP contribution in [0.1, 0.15) is 17.6 Å². The Morgan fingerprint density at radius 1 is 1.56 bits per heavy atom. The molecule has 0 spiro atoms. The Morgan fingerprint density at radius 3 is 2.50 bits per heavy atom. The highest BCUT2D eigenvalue weighted by Crippen LogP contribution is 2.29. The van der Waals surface area contributed by atoms with Crippen LogP contribution in [0.2, 0.25) is 0 Å². The molecule has 0 aromatic carbocycles. The van der Waals surface area contributed by atoms with Gasteiger partial charge in [0.15, 0.2) is 5.54 Å². The fourth-order valence-electron chi connectivity index (χ4n) is 1.31. The number of thiazole rings is 1. The largest absolute Gasteiger partial charge is 0.415 e. The van der Waals surface area contributed by atoms with Gasteiger partial charge in [0.1, 0.15) is 0 Å². The number of nitrogens with two attached hydrogens (primary N) is 1. The Balaban J connectivity index is 2.79. The molecule has 1 unspecified atom stereocenters. The minimum atomic E-state index is -4.78. The molecule has 1 heterocycles. The van der Waals surface area contributed by atoms with Crippen LogP contribution in [0, 0.1) is 6.92 Å². The third-order valence-electron chi connectivity index (χ3n) is 2.45. The number of carbonyl (C=O) groups excluding carboxylic acids is 1. The summed E-state index contributed by atoms with van der Waals surface area (Å²) in [5, 5.41) is 2.48. The molecule has 8 heteroatoms. The molecule has 0 bridgehead atoms. The van der Waals surface area contributed by atoms with Crippen molar-refractivity contribution >= 4 is 17.2 Å².